The molecule has 2 aliphatic heterocycles. The fourth-order valence-electron chi connectivity index (χ4n) is 4.22. The molecule has 114 valence electrons. The number of unbranched alkanes of at least 4 members (excludes halogenated alkanes) is 1. The first kappa shape index (κ1) is 13.6. The van der Waals surface area contributed by atoms with Crippen molar-refractivity contribution in [2.45, 2.75) is 64.0 Å². The molecule has 1 saturated heterocycles. The zero-order valence-electron chi connectivity index (χ0n) is 13.1. The third-order valence-corrected chi connectivity index (χ3v) is 5.52. The molecular formula is C19H27NO. The van der Waals surface area contributed by atoms with Crippen LogP contribution in [0.15, 0.2) is 18.2 Å². The van der Waals surface area contributed by atoms with Gasteiger partial charge in [0.25, 0.3) is 0 Å². The number of aryl methyl sites for hydroxylation is 1. The van der Waals surface area contributed by atoms with Gasteiger partial charge in [-0.3, -0.25) is 0 Å². The Morgan fingerprint density at radius 2 is 2.14 bits per heavy atom. The lowest BCUT2D eigenvalue weighted by molar-refractivity contribution is -0.0399. The lowest BCUT2D eigenvalue weighted by Gasteiger charge is -2.43. The van der Waals surface area contributed by atoms with Gasteiger partial charge in [0.2, 0.25) is 0 Å². The molecule has 1 aromatic carbocycles. The van der Waals surface area contributed by atoms with E-state index in [1.165, 1.54) is 61.8 Å². The van der Waals surface area contributed by atoms with Crippen molar-refractivity contribution in [2.24, 2.45) is 11.8 Å². The first-order valence-electron chi connectivity index (χ1n) is 8.88. The van der Waals surface area contributed by atoms with Gasteiger partial charge in [0, 0.05) is 29.8 Å². The first-order chi connectivity index (χ1) is 10.4. The maximum Gasteiger partial charge on any atom is 0.0892 e. The van der Waals surface area contributed by atoms with Crippen LogP contribution in [0.1, 0.15) is 62.7 Å². The molecule has 4 rings (SSSR count). The first-order valence-corrected chi connectivity index (χ1v) is 8.88. The number of nitrogens with one attached hydrogen (secondary N) is 1. The number of hydrogen-bond donors (Lipinski definition) is 1. The molecule has 3 aliphatic rings. The second kappa shape index (κ2) is 5.64. The Kier molecular flexibility index (Phi) is 3.66. The van der Waals surface area contributed by atoms with Gasteiger partial charge < -0.3 is 10.1 Å². The molecule has 3 atom stereocenters. The fourth-order valence-corrected chi connectivity index (χ4v) is 4.22. The molecule has 0 aromatic heterocycles. The minimum atomic E-state index is 0.349. The van der Waals surface area contributed by atoms with Crippen LogP contribution in [0.3, 0.4) is 0 Å². The van der Waals surface area contributed by atoms with Crippen LogP contribution in [0.5, 0.6) is 0 Å². The fraction of sp³-hybridized carbons (Fsp3) is 0.684. The number of anilines is 1. The van der Waals surface area contributed by atoms with Crippen LogP contribution in [0, 0.1) is 11.8 Å². The van der Waals surface area contributed by atoms with E-state index in [-0.39, 0.29) is 0 Å². The van der Waals surface area contributed by atoms with Crippen molar-refractivity contribution >= 4 is 5.69 Å². The van der Waals surface area contributed by atoms with Gasteiger partial charge in [-0.2, -0.15) is 0 Å². The Morgan fingerprint density at radius 3 is 2.95 bits per heavy atom. The van der Waals surface area contributed by atoms with E-state index < -0.39 is 0 Å². The van der Waals surface area contributed by atoms with Crippen molar-refractivity contribution in [3.05, 3.63) is 29.3 Å². The van der Waals surface area contributed by atoms with Crippen LogP contribution in [0.4, 0.5) is 5.69 Å². The molecule has 2 fully saturated rings. The van der Waals surface area contributed by atoms with E-state index in [1.54, 1.807) is 0 Å². The molecule has 21 heavy (non-hydrogen) atoms. The highest BCUT2D eigenvalue weighted by Gasteiger charge is 2.45. The number of benzene rings is 1. The van der Waals surface area contributed by atoms with Crippen molar-refractivity contribution in [3.8, 4) is 0 Å². The molecule has 0 radical (unpaired) electrons. The Labute approximate surface area is 128 Å². The summed E-state index contributed by atoms with van der Waals surface area (Å²) in [5.74, 6) is 1.59. The summed E-state index contributed by atoms with van der Waals surface area (Å²) in [6, 6.07) is 7.70. The van der Waals surface area contributed by atoms with E-state index in [0.29, 0.717) is 18.1 Å². The lowest BCUT2D eigenvalue weighted by atomic mass is 9.78. The Hall–Kier alpha value is -1.02. The van der Waals surface area contributed by atoms with Gasteiger partial charge in [0.15, 0.2) is 0 Å². The number of fused-ring (bicyclic) bond motifs is 3. The monoisotopic (exact) mass is 285 g/mol. The summed E-state index contributed by atoms with van der Waals surface area (Å²) in [6.07, 6.45) is 9.48. The van der Waals surface area contributed by atoms with E-state index in [9.17, 15) is 0 Å². The minimum Gasteiger partial charge on any atom is -0.381 e. The second-order valence-corrected chi connectivity index (χ2v) is 7.13. The summed E-state index contributed by atoms with van der Waals surface area (Å²) < 4.78 is 6.24. The minimum absolute atomic E-state index is 0.349. The Bertz CT molecular complexity index is 508. The van der Waals surface area contributed by atoms with E-state index in [1.807, 2.05) is 0 Å². The molecule has 0 spiro atoms. The van der Waals surface area contributed by atoms with E-state index in [0.717, 1.165) is 12.5 Å². The zero-order chi connectivity index (χ0) is 14.2. The highest BCUT2D eigenvalue weighted by molar-refractivity contribution is 5.57. The molecule has 0 amide bonds. The topological polar surface area (TPSA) is 21.3 Å². The average Bonchev–Trinajstić information content (AvgIpc) is 3.37. The Balaban J connectivity index is 1.64. The maximum absolute atomic E-state index is 6.24. The second-order valence-electron chi connectivity index (χ2n) is 7.13. The van der Waals surface area contributed by atoms with Crippen molar-refractivity contribution in [1.82, 2.24) is 0 Å². The summed E-state index contributed by atoms with van der Waals surface area (Å²) in [7, 11) is 0. The summed E-state index contributed by atoms with van der Waals surface area (Å²) in [4.78, 5) is 0. The van der Waals surface area contributed by atoms with Crippen LogP contribution >= 0.6 is 0 Å². The molecule has 1 aromatic rings. The highest BCUT2D eigenvalue weighted by atomic mass is 16.5. The van der Waals surface area contributed by atoms with Gasteiger partial charge >= 0.3 is 0 Å². The predicted octanol–water partition coefficient (Wildman–Crippen LogP) is 4.70. The molecule has 1 N–H and O–H groups in total. The highest BCUT2D eigenvalue weighted by Crippen LogP contribution is 2.50. The van der Waals surface area contributed by atoms with Gasteiger partial charge in [0.05, 0.1) is 6.10 Å². The molecule has 0 unspecified atom stereocenters. The van der Waals surface area contributed by atoms with Gasteiger partial charge in [-0.25, -0.2) is 0 Å². The van der Waals surface area contributed by atoms with Crippen molar-refractivity contribution < 1.29 is 4.74 Å². The van der Waals surface area contributed by atoms with Crippen molar-refractivity contribution in [1.29, 1.82) is 0 Å². The molecular weight excluding hydrogens is 258 g/mol. The van der Waals surface area contributed by atoms with Crippen LogP contribution in [-0.4, -0.2) is 12.6 Å². The van der Waals surface area contributed by atoms with Gasteiger partial charge in [0.1, 0.15) is 0 Å². The molecule has 2 heterocycles. The van der Waals surface area contributed by atoms with Crippen LogP contribution < -0.4 is 5.32 Å². The summed E-state index contributed by atoms with van der Waals surface area (Å²) in [5, 5.41) is 3.86. The molecule has 2 heteroatoms. The maximum atomic E-state index is 6.24. The third kappa shape index (κ3) is 2.59. The summed E-state index contributed by atoms with van der Waals surface area (Å²) in [6.45, 7) is 3.21. The lowest BCUT2D eigenvalue weighted by Crippen LogP contribution is -2.42. The summed E-state index contributed by atoms with van der Waals surface area (Å²) >= 11 is 0. The molecule has 0 bridgehead atoms. The smallest absolute Gasteiger partial charge is 0.0892 e. The quantitative estimate of drug-likeness (QED) is 0.865. The largest absolute Gasteiger partial charge is 0.381 e. The molecule has 1 aliphatic carbocycles. The van der Waals surface area contributed by atoms with E-state index in [2.05, 4.69) is 30.4 Å². The van der Waals surface area contributed by atoms with E-state index >= 15 is 0 Å². The Morgan fingerprint density at radius 1 is 1.24 bits per heavy atom. The van der Waals surface area contributed by atoms with Gasteiger partial charge in [-0.15, -0.1) is 0 Å². The average molecular weight is 285 g/mol. The number of rotatable bonds is 4. The molecule has 2 nitrogen and oxygen atoms in total. The van der Waals surface area contributed by atoms with Crippen LogP contribution in [-0.2, 0) is 11.2 Å². The van der Waals surface area contributed by atoms with Crippen LogP contribution in [0.25, 0.3) is 0 Å². The normalized spacial score (nSPS) is 31.2. The van der Waals surface area contributed by atoms with Gasteiger partial charge in [-0.05, 0) is 56.1 Å². The van der Waals surface area contributed by atoms with Crippen LogP contribution in [0.2, 0.25) is 0 Å². The van der Waals surface area contributed by atoms with E-state index in [4.69, 9.17) is 4.74 Å². The third-order valence-electron chi connectivity index (χ3n) is 5.52. The SMILES string of the molecule is CCCCc1ccc2c(c1)[C@H]1OCCC[C@H]1[C@H](C1CC1)N2. The van der Waals surface area contributed by atoms with Crippen molar-refractivity contribution in [3.63, 3.8) is 0 Å². The number of hydrogen-bond acceptors (Lipinski definition) is 2. The zero-order valence-corrected chi connectivity index (χ0v) is 13.1. The predicted molar refractivity (Wildman–Crippen MR) is 86.6 cm³/mol. The summed E-state index contributed by atoms with van der Waals surface area (Å²) in [5.41, 5.74) is 4.26. The van der Waals surface area contributed by atoms with Crippen molar-refractivity contribution in [2.75, 3.05) is 11.9 Å². The standard InChI is InChI=1S/C19H27NO/c1-2-3-5-13-7-10-17-16(12-13)19-15(6-4-11-21-19)18(20-17)14-8-9-14/h7,10,12,14-15,18-20H,2-6,8-9,11H2,1H3/t15-,18-,19-/m0/s1. The van der Waals surface area contributed by atoms with Gasteiger partial charge in [-0.1, -0.05) is 25.5 Å². The number of ether oxygens (including phenoxy) is 1. The molecule has 1 saturated carbocycles.